The molecule has 1 nitrogen and oxygen atoms in total. The summed E-state index contributed by atoms with van der Waals surface area (Å²) in [6, 6.07) is 8.24. The van der Waals surface area contributed by atoms with Crippen molar-refractivity contribution in [2.45, 2.75) is 52.1 Å². The standard InChI is InChI=1S/C18H25ClO/c1-14(2)20-18-11-7-6-10-16(18)12-17(13-19)15-8-4-3-5-9-15/h6-7,10-12,14-15H,3-5,8-9,13H2,1-2H3/b17-12-. The molecular weight excluding hydrogens is 268 g/mol. The molecule has 1 aliphatic carbocycles. The van der Waals surface area contributed by atoms with Crippen molar-refractivity contribution in [3.63, 3.8) is 0 Å². The molecule has 0 spiro atoms. The lowest BCUT2D eigenvalue weighted by molar-refractivity contribution is 0.242. The molecule has 0 aliphatic heterocycles. The maximum absolute atomic E-state index is 6.20. The van der Waals surface area contributed by atoms with E-state index in [2.05, 4.69) is 32.1 Å². The zero-order valence-corrected chi connectivity index (χ0v) is 13.3. The van der Waals surface area contributed by atoms with E-state index < -0.39 is 0 Å². The first-order valence-electron chi connectivity index (χ1n) is 7.73. The van der Waals surface area contributed by atoms with E-state index in [0.717, 1.165) is 11.3 Å². The lowest BCUT2D eigenvalue weighted by Gasteiger charge is -2.24. The number of hydrogen-bond acceptors (Lipinski definition) is 1. The van der Waals surface area contributed by atoms with Crippen molar-refractivity contribution in [1.29, 1.82) is 0 Å². The molecule has 1 fully saturated rings. The molecule has 1 aromatic carbocycles. The fourth-order valence-electron chi connectivity index (χ4n) is 2.90. The number of rotatable bonds is 5. The molecule has 2 rings (SSSR count). The summed E-state index contributed by atoms with van der Waals surface area (Å²) in [6.45, 7) is 4.12. The summed E-state index contributed by atoms with van der Waals surface area (Å²) < 4.78 is 5.89. The van der Waals surface area contributed by atoms with Gasteiger partial charge < -0.3 is 4.74 Å². The first-order chi connectivity index (χ1) is 9.70. The fraction of sp³-hybridized carbons (Fsp3) is 0.556. The van der Waals surface area contributed by atoms with Crippen molar-refractivity contribution in [3.8, 4) is 5.75 Å². The van der Waals surface area contributed by atoms with Crippen molar-refractivity contribution in [2.24, 2.45) is 5.92 Å². The minimum Gasteiger partial charge on any atom is -0.490 e. The zero-order valence-electron chi connectivity index (χ0n) is 12.6. The van der Waals surface area contributed by atoms with Crippen molar-refractivity contribution in [1.82, 2.24) is 0 Å². The zero-order chi connectivity index (χ0) is 14.4. The smallest absolute Gasteiger partial charge is 0.126 e. The SMILES string of the molecule is CC(C)Oc1ccccc1/C=C(/CCl)C1CCCCC1. The number of allylic oxidation sites excluding steroid dienone is 1. The van der Waals surface area contributed by atoms with Crippen LogP contribution in [0.4, 0.5) is 0 Å². The number of benzene rings is 1. The summed E-state index contributed by atoms with van der Waals surface area (Å²) in [5, 5.41) is 0. The van der Waals surface area contributed by atoms with Crippen molar-refractivity contribution in [2.75, 3.05) is 5.88 Å². The molecule has 0 saturated heterocycles. The Hall–Kier alpha value is -0.950. The van der Waals surface area contributed by atoms with E-state index >= 15 is 0 Å². The molecule has 2 heteroatoms. The van der Waals surface area contributed by atoms with Gasteiger partial charge in [0.2, 0.25) is 0 Å². The molecule has 1 aromatic rings. The Balaban J connectivity index is 2.22. The molecule has 0 amide bonds. The van der Waals surface area contributed by atoms with Crippen LogP contribution in [-0.2, 0) is 0 Å². The molecule has 20 heavy (non-hydrogen) atoms. The number of ether oxygens (including phenoxy) is 1. The highest BCUT2D eigenvalue weighted by atomic mass is 35.5. The maximum atomic E-state index is 6.20. The fourth-order valence-corrected chi connectivity index (χ4v) is 3.20. The van der Waals surface area contributed by atoms with Crippen LogP contribution in [0.25, 0.3) is 6.08 Å². The number of halogens is 1. The summed E-state index contributed by atoms with van der Waals surface area (Å²) in [5.74, 6) is 2.25. The Morgan fingerprint density at radius 2 is 1.95 bits per heavy atom. The lowest BCUT2D eigenvalue weighted by Crippen LogP contribution is -2.11. The summed E-state index contributed by atoms with van der Waals surface area (Å²) in [7, 11) is 0. The van der Waals surface area contributed by atoms with Gasteiger partial charge >= 0.3 is 0 Å². The van der Waals surface area contributed by atoms with E-state index in [4.69, 9.17) is 16.3 Å². The van der Waals surface area contributed by atoms with Crippen LogP contribution in [0.5, 0.6) is 5.75 Å². The van der Waals surface area contributed by atoms with Crippen LogP contribution in [0.1, 0.15) is 51.5 Å². The van der Waals surface area contributed by atoms with Crippen molar-refractivity contribution in [3.05, 3.63) is 35.4 Å². The van der Waals surface area contributed by atoms with E-state index in [1.807, 2.05) is 12.1 Å². The van der Waals surface area contributed by atoms with Crippen LogP contribution in [0.3, 0.4) is 0 Å². The summed E-state index contributed by atoms with van der Waals surface area (Å²) in [5.41, 5.74) is 2.52. The van der Waals surface area contributed by atoms with Gasteiger partial charge in [-0.25, -0.2) is 0 Å². The number of para-hydroxylation sites is 1. The second-order valence-electron chi connectivity index (χ2n) is 5.89. The third-order valence-electron chi connectivity index (χ3n) is 3.91. The van der Waals surface area contributed by atoms with Gasteiger partial charge in [0, 0.05) is 11.4 Å². The molecule has 0 bridgehead atoms. The Morgan fingerprint density at radius 3 is 2.60 bits per heavy atom. The van der Waals surface area contributed by atoms with Crippen LogP contribution >= 0.6 is 11.6 Å². The molecule has 110 valence electrons. The van der Waals surface area contributed by atoms with E-state index in [1.54, 1.807) is 0 Å². The molecule has 0 unspecified atom stereocenters. The third-order valence-corrected chi connectivity index (χ3v) is 4.22. The topological polar surface area (TPSA) is 9.23 Å². The summed E-state index contributed by atoms with van der Waals surface area (Å²) in [4.78, 5) is 0. The largest absolute Gasteiger partial charge is 0.490 e. The predicted molar refractivity (Wildman–Crippen MR) is 87.5 cm³/mol. The number of hydrogen-bond donors (Lipinski definition) is 0. The van der Waals surface area contributed by atoms with E-state index in [1.165, 1.54) is 37.7 Å². The third kappa shape index (κ3) is 4.28. The highest BCUT2D eigenvalue weighted by Gasteiger charge is 2.17. The second-order valence-corrected chi connectivity index (χ2v) is 6.16. The average Bonchev–Trinajstić information content (AvgIpc) is 2.46. The molecular formula is C18H25ClO. The molecule has 0 radical (unpaired) electrons. The minimum atomic E-state index is 0.193. The Labute approximate surface area is 128 Å². The summed E-state index contributed by atoms with van der Waals surface area (Å²) >= 11 is 6.20. The Bertz CT molecular complexity index is 444. The van der Waals surface area contributed by atoms with Gasteiger partial charge in [-0.15, -0.1) is 11.6 Å². The van der Waals surface area contributed by atoms with Gasteiger partial charge in [-0.3, -0.25) is 0 Å². The highest BCUT2D eigenvalue weighted by Crippen LogP contribution is 2.33. The van der Waals surface area contributed by atoms with Gasteiger partial charge in [-0.1, -0.05) is 49.1 Å². The molecule has 0 atom stereocenters. The monoisotopic (exact) mass is 292 g/mol. The second kappa shape index (κ2) is 7.73. The lowest BCUT2D eigenvalue weighted by atomic mass is 9.83. The number of alkyl halides is 1. The van der Waals surface area contributed by atoms with Gasteiger partial charge in [0.25, 0.3) is 0 Å². The van der Waals surface area contributed by atoms with Gasteiger partial charge in [0.05, 0.1) is 6.10 Å². The first-order valence-corrected chi connectivity index (χ1v) is 8.26. The quantitative estimate of drug-likeness (QED) is 0.635. The van der Waals surface area contributed by atoms with Gasteiger partial charge in [-0.2, -0.15) is 0 Å². The van der Waals surface area contributed by atoms with Crippen LogP contribution in [-0.4, -0.2) is 12.0 Å². The van der Waals surface area contributed by atoms with Gasteiger partial charge in [0.1, 0.15) is 5.75 Å². The van der Waals surface area contributed by atoms with Crippen LogP contribution < -0.4 is 4.74 Å². The van der Waals surface area contributed by atoms with E-state index in [9.17, 15) is 0 Å². The summed E-state index contributed by atoms with van der Waals surface area (Å²) in [6.07, 6.45) is 9.06. The maximum Gasteiger partial charge on any atom is 0.126 e. The van der Waals surface area contributed by atoms with Crippen LogP contribution in [0, 0.1) is 5.92 Å². The van der Waals surface area contributed by atoms with Crippen LogP contribution in [0.2, 0.25) is 0 Å². The van der Waals surface area contributed by atoms with E-state index in [-0.39, 0.29) is 6.10 Å². The Morgan fingerprint density at radius 1 is 1.25 bits per heavy atom. The highest BCUT2D eigenvalue weighted by molar-refractivity contribution is 6.19. The molecule has 0 aromatic heterocycles. The first kappa shape index (κ1) is 15.4. The Kier molecular flexibility index (Phi) is 5.97. The normalized spacial score (nSPS) is 17.5. The van der Waals surface area contributed by atoms with E-state index in [0.29, 0.717) is 11.8 Å². The minimum absolute atomic E-state index is 0.193. The molecule has 0 heterocycles. The van der Waals surface area contributed by atoms with Crippen molar-refractivity contribution < 1.29 is 4.74 Å². The van der Waals surface area contributed by atoms with Crippen LogP contribution in [0.15, 0.2) is 29.8 Å². The van der Waals surface area contributed by atoms with Gasteiger partial charge in [-0.05, 0) is 38.7 Å². The molecule has 1 aliphatic rings. The van der Waals surface area contributed by atoms with Gasteiger partial charge in [0.15, 0.2) is 0 Å². The average molecular weight is 293 g/mol. The van der Waals surface area contributed by atoms with Crippen molar-refractivity contribution >= 4 is 17.7 Å². The predicted octanol–water partition coefficient (Wildman–Crippen LogP) is 5.68. The molecule has 0 N–H and O–H groups in total. The molecule has 1 saturated carbocycles.